The van der Waals surface area contributed by atoms with Crippen LogP contribution in [0, 0.1) is 17.5 Å². The van der Waals surface area contributed by atoms with Gasteiger partial charge in [0.25, 0.3) is 0 Å². The molecular formula is C23H24F3N3O2. The number of amides is 2. The molecule has 2 aromatic carbocycles. The highest BCUT2D eigenvalue weighted by Crippen LogP contribution is 2.21. The number of anilines is 1. The van der Waals surface area contributed by atoms with Crippen LogP contribution < -0.4 is 5.32 Å². The van der Waals surface area contributed by atoms with Crippen LogP contribution in [0.1, 0.15) is 31.7 Å². The molecule has 2 amide bonds. The summed E-state index contributed by atoms with van der Waals surface area (Å²) < 4.78 is 40.1. The van der Waals surface area contributed by atoms with Gasteiger partial charge in [0.05, 0.1) is 12.2 Å². The van der Waals surface area contributed by atoms with Crippen molar-refractivity contribution in [2.75, 3.05) is 18.4 Å². The Balaban J connectivity index is 1.56. The third-order valence-electron chi connectivity index (χ3n) is 5.00. The van der Waals surface area contributed by atoms with E-state index < -0.39 is 29.0 Å². The molecule has 0 aliphatic heterocycles. The molecule has 5 nitrogen and oxygen atoms in total. The topological polar surface area (TPSA) is 65.2 Å². The van der Waals surface area contributed by atoms with Crippen LogP contribution in [0.2, 0.25) is 0 Å². The zero-order valence-corrected chi connectivity index (χ0v) is 17.2. The van der Waals surface area contributed by atoms with Crippen molar-refractivity contribution >= 4 is 28.4 Å². The lowest BCUT2D eigenvalue weighted by Crippen LogP contribution is -2.38. The fourth-order valence-corrected chi connectivity index (χ4v) is 3.47. The van der Waals surface area contributed by atoms with Crippen molar-refractivity contribution in [3.8, 4) is 0 Å². The molecule has 0 aliphatic rings. The van der Waals surface area contributed by atoms with Crippen LogP contribution in [-0.4, -0.2) is 34.8 Å². The Hall–Kier alpha value is -3.29. The number of fused-ring (bicyclic) bond motifs is 1. The Morgan fingerprint density at radius 2 is 1.84 bits per heavy atom. The van der Waals surface area contributed by atoms with Gasteiger partial charge in [0, 0.05) is 30.1 Å². The molecule has 0 saturated heterocycles. The fourth-order valence-electron chi connectivity index (χ4n) is 3.47. The number of aromatic amines is 1. The number of benzene rings is 2. The SMILES string of the molecule is CCCN(CC(=O)Nc1ccc(F)c(F)c1F)C(=O)CCCc1c[nH]c2ccccc12. The summed E-state index contributed by atoms with van der Waals surface area (Å²) in [5.41, 5.74) is 1.70. The van der Waals surface area contributed by atoms with Crippen LogP contribution in [0.3, 0.4) is 0 Å². The van der Waals surface area contributed by atoms with Gasteiger partial charge >= 0.3 is 0 Å². The number of H-pyrrole nitrogens is 1. The van der Waals surface area contributed by atoms with Gasteiger partial charge < -0.3 is 15.2 Å². The third-order valence-corrected chi connectivity index (χ3v) is 5.00. The molecule has 8 heteroatoms. The van der Waals surface area contributed by atoms with Gasteiger partial charge in [-0.2, -0.15) is 0 Å². The third kappa shape index (κ3) is 5.45. The largest absolute Gasteiger partial charge is 0.361 e. The smallest absolute Gasteiger partial charge is 0.244 e. The van der Waals surface area contributed by atoms with E-state index in [0.717, 1.165) is 28.6 Å². The maximum Gasteiger partial charge on any atom is 0.244 e. The first-order valence-corrected chi connectivity index (χ1v) is 10.2. The van der Waals surface area contributed by atoms with E-state index in [0.29, 0.717) is 25.8 Å². The number of halogens is 3. The van der Waals surface area contributed by atoms with E-state index in [1.54, 1.807) is 0 Å². The predicted molar refractivity (Wildman–Crippen MR) is 113 cm³/mol. The lowest BCUT2D eigenvalue weighted by atomic mass is 10.1. The second-order valence-electron chi connectivity index (χ2n) is 7.30. The molecule has 0 unspecified atom stereocenters. The number of rotatable bonds is 9. The van der Waals surface area contributed by atoms with Crippen LogP contribution in [-0.2, 0) is 16.0 Å². The molecule has 2 N–H and O–H groups in total. The summed E-state index contributed by atoms with van der Waals surface area (Å²) in [4.78, 5) is 29.5. The number of carbonyl (C=O) groups is 2. The lowest BCUT2D eigenvalue weighted by Gasteiger charge is -2.21. The van der Waals surface area contributed by atoms with Crippen LogP contribution >= 0.6 is 0 Å². The van der Waals surface area contributed by atoms with Crippen molar-refractivity contribution in [3.05, 3.63) is 65.6 Å². The van der Waals surface area contributed by atoms with E-state index >= 15 is 0 Å². The molecule has 3 rings (SSSR count). The highest BCUT2D eigenvalue weighted by Gasteiger charge is 2.19. The monoisotopic (exact) mass is 431 g/mol. The van der Waals surface area contributed by atoms with Gasteiger partial charge in [-0.1, -0.05) is 25.1 Å². The standard InChI is InChI=1S/C23H24F3N3O2/c1-2-12-29(14-20(30)28-19-11-10-17(24)22(25)23(19)26)21(31)9-5-6-15-13-27-18-8-4-3-7-16(15)18/h3-4,7-8,10-11,13,27H,2,5-6,9,12,14H2,1H3,(H,28,30). The van der Waals surface area contributed by atoms with Gasteiger partial charge in [-0.3, -0.25) is 9.59 Å². The summed E-state index contributed by atoms with van der Waals surface area (Å²) in [6.45, 7) is 1.94. The summed E-state index contributed by atoms with van der Waals surface area (Å²) in [5.74, 6) is -5.34. The highest BCUT2D eigenvalue weighted by molar-refractivity contribution is 5.94. The maximum absolute atomic E-state index is 13.8. The number of aryl methyl sites for hydroxylation is 1. The first kappa shape index (κ1) is 22.4. The Bertz CT molecular complexity index is 1080. The van der Waals surface area contributed by atoms with Gasteiger partial charge in [0.15, 0.2) is 17.5 Å². The minimum absolute atomic E-state index is 0.192. The van der Waals surface area contributed by atoms with Crippen molar-refractivity contribution < 1.29 is 22.8 Å². The zero-order chi connectivity index (χ0) is 22.4. The Morgan fingerprint density at radius 1 is 1.06 bits per heavy atom. The van der Waals surface area contributed by atoms with E-state index in [1.807, 2.05) is 37.4 Å². The van der Waals surface area contributed by atoms with Gasteiger partial charge in [-0.15, -0.1) is 0 Å². The van der Waals surface area contributed by atoms with E-state index in [9.17, 15) is 22.8 Å². The molecule has 0 atom stereocenters. The minimum Gasteiger partial charge on any atom is -0.361 e. The normalized spacial score (nSPS) is 11.0. The van der Waals surface area contributed by atoms with Gasteiger partial charge in [0.1, 0.15) is 0 Å². The Labute approximate surface area is 178 Å². The molecule has 3 aromatic rings. The number of nitrogens with zero attached hydrogens (tertiary/aromatic N) is 1. The average molecular weight is 431 g/mol. The van der Waals surface area contributed by atoms with Crippen LogP contribution in [0.25, 0.3) is 10.9 Å². The van der Waals surface area contributed by atoms with Gasteiger partial charge in [0.2, 0.25) is 11.8 Å². The maximum atomic E-state index is 13.8. The van der Waals surface area contributed by atoms with Gasteiger partial charge in [-0.05, 0) is 43.0 Å². The minimum atomic E-state index is -1.66. The number of hydrogen-bond acceptors (Lipinski definition) is 2. The number of carbonyl (C=O) groups excluding carboxylic acids is 2. The molecular weight excluding hydrogens is 407 g/mol. The lowest BCUT2D eigenvalue weighted by molar-refractivity contribution is -0.134. The average Bonchev–Trinajstić information content (AvgIpc) is 3.17. The molecule has 0 bridgehead atoms. The van der Waals surface area contributed by atoms with Crippen LogP contribution in [0.5, 0.6) is 0 Å². The predicted octanol–water partition coefficient (Wildman–Crippen LogP) is 4.79. The molecule has 1 aromatic heterocycles. The summed E-state index contributed by atoms with van der Waals surface area (Å²) in [7, 11) is 0. The number of para-hydroxylation sites is 1. The molecule has 0 radical (unpaired) electrons. The van der Waals surface area contributed by atoms with E-state index in [4.69, 9.17) is 0 Å². The Kier molecular flexibility index (Phi) is 7.33. The zero-order valence-electron chi connectivity index (χ0n) is 17.2. The first-order valence-electron chi connectivity index (χ1n) is 10.2. The summed E-state index contributed by atoms with van der Waals surface area (Å²) in [6.07, 6.45) is 4.15. The van der Waals surface area contributed by atoms with Crippen molar-refractivity contribution in [1.29, 1.82) is 0 Å². The van der Waals surface area contributed by atoms with Crippen molar-refractivity contribution in [1.82, 2.24) is 9.88 Å². The quantitative estimate of drug-likeness (QED) is 0.479. The van der Waals surface area contributed by atoms with E-state index in [-0.39, 0.29) is 18.9 Å². The molecule has 0 spiro atoms. The summed E-state index contributed by atoms with van der Waals surface area (Å²) in [6, 6.07) is 9.59. The van der Waals surface area contributed by atoms with Gasteiger partial charge in [-0.25, -0.2) is 13.2 Å². The molecule has 0 saturated carbocycles. The van der Waals surface area contributed by atoms with Crippen molar-refractivity contribution in [3.63, 3.8) is 0 Å². The molecule has 0 aliphatic carbocycles. The molecule has 1 heterocycles. The first-order chi connectivity index (χ1) is 14.9. The van der Waals surface area contributed by atoms with E-state index in [2.05, 4.69) is 10.3 Å². The van der Waals surface area contributed by atoms with Crippen molar-refractivity contribution in [2.24, 2.45) is 0 Å². The summed E-state index contributed by atoms with van der Waals surface area (Å²) >= 11 is 0. The second-order valence-corrected chi connectivity index (χ2v) is 7.30. The number of nitrogens with one attached hydrogen (secondary N) is 2. The van der Waals surface area contributed by atoms with Crippen LogP contribution in [0.15, 0.2) is 42.6 Å². The number of hydrogen-bond donors (Lipinski definition) is 2. The fraction of sp³-hybridized carbons (Fsp3) is 0.304. The van der Waals surface area contributed by atoms with Crippen molar-refractivity contribution in [2.45, 2.75) is 32.6 Å². The highest BCUT2D eigenvalue weighted by atomic mass is 19.2. The molecule has 0 fully saturated rings. The van der Waals surface area contributed by atoms with Crippen LogP contribution in [0.4, 0.5) is 18.9 Å². The molecule has 31 heavy (non-hydrogen) atoms. The Morgan fingerprint density at radius 3 is 2.61 bits per heavy atom. The summed E-state index contributed by atoms with van der Waals surface area (Å²) in [5, 5.41) is 3.32. The van der Waals surface area contributed by atoms with E-state index in [1.165, 1.54) is 4.90 Å². The second kappa shape index (κ2) is 10.1. The number of aromatic nitrogens is 1. The molecule has 164 valence electrons.